The maximum absolute atomic E-state index is 13.4. The number of carbonyl (C=O) groups excluding carboxylic acids is 12. The zero-order chi connectivity index (χ0) is 129. The van der Waals surface area contributed by atoms with Crippen molar-refractivity contribution >= 4 is 93.6 Å². The summed E-state index contributed by atoms with van der Waals surface area (Å²) in [5.74, 6) is -10.2. The zero-order valence-corrected chi connectivity index (χ0v) is 69.7. The van der Waals surface area contributed by atoms with Crippen LogP contribution in [0.1, 0.15) is 217 Å². The average molecular weight is 1840 g/mol. The number of morpholine rings is 4. The average Bonchev–Trinajstić information content (AvgIpc) is 1.52. The lowest BCUT2D eigenvalue weighted by Gasteiger charge is -2.29. The number of fused-ring (bicyclic) bond motifs is 4. The van der Waals surface area contributed by atoms with Gasteiger partial charge in [0.05, 0.1) is 77.1 Å². The smallest absolute Gasteiger partial charge is 0.255 e. The molecule has 688 valence electrons. The van der Waals surface area contributed by atoms with E-state index in [9.17, 15) is 57.5 Å². The first-order valence-corrected chi connectivity index (χ1v) is 41.3. The van der Waals surface area contributed by atoms with Gasteiger partial charge in [-0.05, 0) is 119 Å². The van der Waals surface area contributed by atoms with Crippen molar-refractivity contribution in [1.29, 1.82) is 0 Å². The minimum atomic E-state index is -3.42. The number of anilines is 4. The first-order chi connectivity index (χ1) is 79.9. The van der Waals surface area contributed by atoms with Crippen LogP contribution in [0.5, 0.6) is 0 Å². The summed E-state index contributed by atoms with van der Waals surface area (Å²) in [5, 5.41) is 20.6. The lowest BCUT2D eigenvalue weighted by molar-refractivity contribution is -0.138. The second-order valence-electron chi connectivity index (χ2n) is 30.8. The lowest BCUT2D eigenvalue weighted by atomic mass is 10.0. The summed E-state index contributed by atoms with van der Waals surface area (Å²) in [6.45, 7) is -51.3. The fourth-order valence-corrected chi connectivity index (χ4v) is 16.0. The van der Waals surface area contributed by atoms with E-state index in [2.05, 4.69) is 50.8 Å². The fraction of sp³-hybridized carbons (Fsp3) is 0.400. The monoisotopic (exact) mass is 1840 g/mol. The molecule has 4 unspecified atom stereocenters. The second kappa shape index (κ2) is 42.5. The molecule has 0 spiro atoms. The van der Waals surface area contributed by atoms with Gasteiger partial charge in [-0.15, -0.1) is 0 Å². The number of rotatable bonds is 24. The molecule has 0 bridgehead atoms. The maximum Gasteiger partial charge on any atom is 0.255 e. The van der Waals surface area contributed by atoms with E-state index in [1.54, 1.807) is 151 Å². The van der Waals surface area contributed by atoms with Crippen molar-refractivity contribution in [3.05, 3.63) is 259 Å². The minimum absolute atomic E-state index is 0.0201. The molecule has 8 N–H and O–H groups in total. The number of hydrogen-bond acceptors (Lipinski definition) is 24. The molecule has 8 fully saturated rings. The number of nitrogens with one attached hydrogen (secondary N) is 8. The lowest BCUT2D eigenvalue weighted by Crippen LogP contribution is -2.52. The van der Waals surface area contributed by atoms with Gasteiger partial charge in [0.1, 0.15) is 24.1 Å². The number of carbonyl (C=O) groups is 12. The van der Waals surface area contributed by atoms with Gasteiger partial charge in [-0.25, -0.2) is 0 Å². The number of amides is 12. The quantitative estimate of drug-likeness (QED) is 0.0270. The van der Waals surface area contributed by atoms with Crippen LogP contribution >= 0.6 is 0 Å². The van der Waals surface area contributed by atoms with Gasteiger partial charge in [0, 0.05) is 256 Å². The Hall–Kier alpha value is -12.9. The number of imide groups is 4. The Morgan fingerprint density at radius 1 is 0.303 bits per heavy atom. The van der Waals surface area contributed by atoms with Crippen LogP contribution < -0.4 is 42.5 Å². The minimum Gasteiger partial charge on any atom is -0.381 e. The highest BCUT2D eigenvalue weighted by atomic mass is 16.5. The molecule has 12 aliphatic heterocycles. The van der Waals surface area contributed by atoms with Gasteiger partial charge in [0.25, 0.3) is 23.6 Å². The Bertz CT molecular complexity index is 7800. The molecule has 12 amide bonds. The van der Waals surface area contributed by atoms with Gasteiger partial charge < -0.3 is 59.8 Å². The molecule has 12 heterocycles. The van der Waals surface area contributed by atoms with E-state index < -0.39 is 246 Å². The predicted molar refractivity (Wildman–Crippen MR) is 489 cm³/mol. The largest absolute Gasteiger partial charge is 0.381 e. The van der Waals surface area contributed by atoms with Crippen molar-refractivity contribution < 1.29 is 134 Å². The number of ether oxygens (including phenoxy) is 4. The highest BCUT2D eigenvalue weighted by Gasteiger charge is 2.45. The van der Waals surface area contributed by atoms with E-state index in [1.807, 2.05) is 5.32 Å². The summed E-state index contributed by atoms with van der Waals surface area (Å²) in [7, 11) is 0. The molecule has 12 aliphatic rings. The maximum atomic E-state index is 13.4. The van der Waals surface area contributed by atoms with E-state index in [0.717, 1.165) is 9.80 Å². The SMILES string of the molecule is [2H]C1(N2Cc3c(NCc4cccc(CN5C([2H])([2H])C([2H])([2H])OC([2H])([2H])C5([2H])[2H])c4)cccc3C2=O)CCC(=O)NC1=O.[2H]C1([2H])OC([2H])([2H])C([2H])([2H])N(Cc2cccc(CNc3cccc4c3CN(C3([2H])C(=O)NC(=O)C([2H])([2H])C3([2H])[2H])C4=O)c2)C1([2H])[2H].[2H]C1([2H])OC([2H])([2H])C([2H])([2H])N(Cc2cccc(CNc3cccc4c3CN(C3C(=O)NC(=O)C([2H])([2H])C3([2H])[2H])C4=O)c2)C1([2H])[2H].[2H]C1([2H])OC([2H])([2H])C([2H])([2H])N(Cc2cccc(CNc3cccc4c3CN(C3CCC(=O)NC3=O)C4=O)c2)C1([2H])[2H]. The third-order valence-corrected chi connectivity index (χ3v) is 22.2. The summed E-state index contributed by atoms with van der Waals surface area (Å²) >= 11 is 0. The van der Waals surface area contributed by atoms with E-state index >= 15 is 0 Å². The molecular formula is C100H112N16O16. The molecule has 4 atom stereocenters. The fourth-order valence-electron chi connectivity index (χ4n) is 16.0. The molecule has 32 heteroatoms. The molecule has 132 heavy (non-hydrogen) atoms. The van der Waals surface area contributed by atoms with E-state index in [4.69, 9.17) is 57.6 Å². The Kier molecular flexibility index (Phi) is 17.1. The van der Waals surface area contributed by atoms with Crippen LogP contribution in [-0.4, -0.2) is 239 Å². The number of nitrogens with zero attached hydrogens (tertiary/aromatic N) is 8. The van der Waals surface area contributed by atoms with Gasteiger partial charge in [0.15, 0.2) is 0 Å². The normalized spacial score (nSPS) is 34.6. The van der Waals surface area contributed by atoms with Crippen LogP contribution in [-0.2, 0) is 136 Å². The van der Waals surface area contributed by atoms with Crippen molar-refractivity contribution in [2.75, 3.05) is 126 Å². The number of piperidine rings is 4. The van der Waals surface area contributed by atoms with E-state index in [-0.39, 0.29) is 100 Å². The Balaban J connectivity index is 0.000000154. The third-order valence-electron chi connectivity index (χ3n) is 22.2. The van der Waals surface area contributed by atoms with Crippen LogP contribution in [0.3, 0.4) is 0 Å². The van der Waals surface area contributed by atoms with Crippen molar-refractivity contribution in [2.45, 2.75) is 154 Å². The Morgan fingerprint density at radius 2 is 0.576 bits per heavy atom. The Morgan fingerprint density at radius 3 is 0.932 bits per heavy atom. The van der Waals surface area contributed by atoms with Crippen LogP contribution in [0.4, 0.5) is 22.7 Å². The summed E-state index contributed by atoms with van der Waals surface area (Å²) in [4.78, 5) is 156. The summed E-state index contributed by atoms with van der Waals surface area (Å²) in [5.41, 5.74) is 8.94. The van der Waals surface area contributed by atoms with Crippen molar-refractivity contribution in [2.24, 2.45) is 0 Å². The topological polar surface area (TPSA) is 364 Å². The summed E-state index contributed by atoms with van der Waals surface area (Å²) in [6, 6.07) is 37.7. The number of benzene rings is 8. The molecule has 8 aromatic rings. The molecule has 0 radical (unpaired) electrons. The standard InChI is InChI=1S/4C25H28N4O4/c4*30-23-8-7-22(24(31)27-23)29-16-20-19(25(29)32)5-2-6-21(20)26-14-17-3-1-4-18(13-17)15-28-9-11-33-12-10-28/h4*1-6,13,22,26H,7-12,14-16H2,(H,27,30,31)/i7D2,8D2,9D2,10D2,11D2,12D2,22D;7D2,8D2,9D2,10D2,11D2,12D2;9D2,10D2,11D2,12D2,22D;9D2,10D2,11D2,12D2. The van der Waals surface area contributed by atoms with Gasteiger partial charge in [-0.3, -0.25) is 98.4 Å². The highest BCUT2D eigenvalue weighted by molar-refractivity contribution is 6.09. The molecular weight excluding hydrogens is 1680 g/mol. The molecule has 8 aromatic carbocycles. The van der Waals surface area contributed by atoms with Gasteiger partial charge >= 0.3 is 0 Å². The van der Waals surface area contributed by atoms with Gasteiger partial charge in [-0.2, -0.15) is 0 Å². The summed E-state index contributed by atoms with van der Waals surface area (Å²) in [6.07, 6.45) is -12.6. The zero-order valence-electron chi connectivity index (χ0n) is 112. The summed E-state index contributed by atoms with van der Waals surface area (Å²) < 4.78 is 358. The third kappa shape index (κ3) is 22.1. The molecule has 20 rings (SSSR count). The molecule has 0 aromatic heterocycles. The van der Waals surface area contributed by atoms with Crippen LogP contribution in [0, 0.1) is 0 Å². The van der Waals surface area contributed by atoms with Crippen molar-refractivity contribution in [3.8, 4) is 0 Å². The first-order valence-electron chi connectivity index (χ1n) is 62.3. The molecule has 0 aliphatic carbocycles. The second-order valence-corrected chi connectivity index (χ2v) is 30.8. The van der Waals surface area contributed by atoms with Crippen molar-refractivity contribution in [3.63, 3.8) is 0 Å². The van der Waals surface area contributed by atoms with Crippen LogP contribution in [0.15, 0.2) is 170 Å². The van der Waals surface area contributed by atoms with Crippen molar-refractivity contribution in [1.82, 2.24) is 60.5 Å². The first kappa shape index (κ1) is 52.9. The molecule has 32 nitrogen and oxygen atoms in total. The highest BCUT2D eigenvalue weighted by Crippen LogP contribution is 2.38. The predicted octanol–water partition coefficient (Wildman–Crippen LogP) is 7.57. The van der Waals surface area contributed by atoms with Gasteiger partial charge in [0.2, 0.25) is 47.3 Å². The van der Waals surface area contributed by atoms with Crippen LogP contribution in [0.2, 0.25) is 0 Å². The molecule has 0 saturated carbocycles. The Labute approximate surface area is 825 Å². The van der Waals surface area contributed by atoms with Crippen LogP contribution in [0.25, 0.3) is 0 Å². The van der Waals surface area contributed by atoms with E-state index in [1.165, 1.54) is 29.2 Å². The number of hydrogen-bond donors (Lipinski definition) is 8. The van der Waals surface area contributed by atoms with Gasteiger partial charge in [-0.1, -0.05) is 121 Å². The van der Waals surface area contributed by atoms with E-state index in [0.29, 0.717) is 120 Å². The molecule has 8 saturated heterocycles.